The molecule has 0 unspecified atom stereocenters. The van der Waals surface area contributed by atoms with Gasteiger partial charge < -0.3 is 37.0 Å². The van der Waals surface area contributed by atoms with Crippen molar-refractivity contribution in [2.45, 2.75) is 105 Å². The van der Waals surface area contributed by atoms with Crippen LogP contribution in [0.2, 0.25) is 0 Å². The first kappa shape index (κ1) is 38.1. The molecule has 0 aliphatic carbocycles. The average Bonchev–Trinajstić information content (AvgIpc) is 3.80. The summed E-state index contributed by atoms with van der Waals surface area (Å²) < 4.78 is 56.2. The van der Waals surface area contributed by atoms with Gasteiger partial charge in [0.25, 0.3) is 6.08 Å². The van der Waals surface area contributed by atoms with Crippen LogP contribution in [-0.2, 0) is 37.6 Å². The summed E-state index contributed by atoms with van der Waals surface area (Å²) in [5.41, 5.74) is 0.214. The van der Waals surface area contributed by atoms with E-state index in [-0.39, 0.29) is 65.6 Å². The number of esters is 2. The number of aromatic nitrogens is 4. The fraction of sp³-hybridized carbons (Fsp3) is 0.472. The Kier molecular flexibility index (Phi) is 10.1. The number of nitrogens with zero attached hydrogens (tertiary/aromatic N) is 5. The predicted octanol–water partition coefficient (Wildman–Crippen LogP) is 3.72. The molecule has 3 atom stereocenters. The van der Waals surface area contributed by atoms with Crippen molar-refractivity contribution in [2.75, 3.05) is 6.61 Å². The molecule has 1 aromatic carbocycles. The van der Waals surface area contributed by atoms with Crippen LogP contribution in [0.4, 0.5) is 4.39 Å². The highest BCUT2D eigenvalue weighted by atomic mass is 19.1. The molecule has 0 bridgehead atoms. The molecule has 1 aliphatic heterocycles. The standard InChI is InChI=1S/C36H40FN5O12/c1-17-9-18(2)28(22(10-17)50-21(5)44)35(6,7)12-27(45)53-25-11-26(54-36(25,8)15-43)42-16-39-29-30(38-13-23-19(3)48-33(46)51-23)41(32(37)40-31(29)42)14-24-20(4)49-34(47)52-24/h9-10,16,25-26,43H,11-15H2,1-8H3/t25-,26+,36+/m0/s1. The third-order valence-corrected chi connectivity index (χ3v) is 9.36. The van der Waals surface area contributed by atoms with Crippen LogP contribution < -0.4 is 21.9 Å². The van der Waals surface area contributed by atoms with Gasteiger partial charge in [0, 0.05) is 24.3 Å². The van der Waals surface area contributed by atoms with Gasteiger partial charge in [0.2, 0.25) is 0 Å². The molecule has 5 heterocycles. The quantitative estimate of drug-likeness (QED) is 0.116. The molecule has 0 amide bonds. The second-order valence-corrected chi connectivity index (χ2v) is 14.2. The van der Waals surface area contributed by atoms with E-state index in [1.54, 1.807) is 13.0 Å². The van der Waals surface area contributed by atoms with Gasteiger partial charge >= 0.3 is 23.6 Å². The van der Waals surface area contributed by atoms with Crippen molar-refractivity contribution < 1.29 is 51.0 Å². The van der Waals surface area contributed by atoms with Crippen molar-refractivity contribution in [2.24, 2.45) is 4.99 Å². The monoisotopic (exact) mass is 753 g/mol. The van der Waals surface area contributed by atoms with E-state index in [1.807, 2.05) is 33.8 Å². The van der Waals surface area contributed by atoms with E-state index in [2.05, 4.69) is 15.0 Å². The van der Waals surface area contributed by atoms with Crippen molar-refractivity contribution in [1.29, 1.82) is 0 Å². The average molecular weight is 754 g/mol. The van der Waals surface area contributed by atoms with E-state index in [0.717, 1.165) is 15.7 Å². The summed E-state index contributed by atoms with van der Waals surface area (Å²) in [5, 5.41) is 10.5. The minimum Gasteiger partial charge on any atom is -0.459 e. The maximum Gasteiger partial charge on any atom is 0.519 e. The van der Waals surface area contributed by atoms with E-state index < -0.39 is 59.6 Å². The number of rotatable bonds is 11. The maximum absolute atomic E-state index is 16.0. The molecule has 4 aromatic heterocycles. The van der Waals surface area contributed by atoms with Crippen LogP contribution in [0.1, 0.15) is 86.5 Å². The zero-order valence-corrected chi connectivity index (χ0v) is 31.0. The summed E-state index contributed by atoms with van der Waals surface area (Å²) >= 11 is 0. The molecule has 5 aromatic rings. The third-order valence-electron chi connectivity index (χ3n) is 9.36. The molecule has 1 aliphatic rings. The molecule has 1 saturated heterocycles. The zero-order chi connectivity index (χ0) is 39.3. The van der Waals surface area contributed by atoms with Crippen molar-refractivity contribution in [3.8, 4) is 5.75 Å². The molecule has 1 N–H and O–H groups in total. The van der Waals surface area contributed by atoms with Gasteiger partial charge in [-0.25, -0.2) is 14.6 Å². The molecular weight excluding hydrogens is 713 g/mol. The lowest BCUT2D eigenvalue weighted by Crippen LogP contribution is -2.43. The number of hydrogen-bond acceptors (Lipinski definition) is 15. The van der Waals surface area contributed by atoms with Crippen LogP contribution >= 0.6 is 0 Å². The summed E-state index contributed by atoms with van der Waals surface area (Å²) in [6.07, 6.45) is -1.68. The Hall–Kier alpha value is -5.62. The number of benzene rings is 1. The molecule has 17 nitrogen and oxygen atoms in total. The SMILES string of the molecule is CC(=O)Oc1cc(C)cc(C)c1C(C)(C)CC(=O)O[C@H]1C[C@H](n2cnc3c(=NCc4oc(=O)oc4C)n(Cc4oc(=O)oc4C)c(F)nc32)O[C@]1(C)CO. The fourth-order valence-corrected chi connectivity index (χ4v) is 6.86. The predicted molar refractivity (Wildman–Crippen MR) is 183 cm³/mol. The van der Waals surface area contributed by atoms with Crippen molar-refractivity contribution in [3.05, 3.63) is 91.0 Å². The van der Waals surface area contributed by atoms with Gasteiger partial charge in [-0.15, -0.1) is 0 Å². The molecular formula is C36H40FN5O12. The highest BCUT2D eigenvalue weighted by molar-refractivity contribution is 5.74. The van der Waals surface area contributed by atoms with Crippen LogP contribution in [0.3, 0.4) is 0 Å². The van der Waals surface area contributed by atoms with Crippen LogP contribution in [0.15, 0.2) is 50.7 Å². The normalized spacial score (nSPS) is 19.2. The number of imidazole rings is 1. The summed E-state index contributed by atoms with van der Waals surface area (Å²) in [5.74, 6) is -2.24. The van der Waals surface area contributed by atoms with Gasteiger partial charge in [-0.2, -0.15) is 9.37 Å². The Balaban J connectivity index is 1.32. The number of carbonyl (C=O) groups is 2. The van der Waals surface area contributed by atoms with Crippen molar-refractivity contribution in [1.82, 2.24) is 19.1 Å². The van der Waals surface area contributed by atoms with E-state index in [4.69, 9.17) is 31.9 Å². The van der Waals surface area contributed by atoms with Gasteiger partial charge in [-0.05, 0) is 51.8 Å². The fourth-order valence-electron chi connectivity index (χ4n) is 6.86. The zero-order valence-electron chi connectivity index (χ0n) is 31.0. The van der Waals surface area contributed by atoms with Crippen LogP contribution in [0.25, 0.3) is 11.2 Å². The Bertz CT molecular complexity index is 2450. The smallest absolute Gasteiger partial charge is 0.459 e. The van der Waals surface area contributed by atoms with Gasteiger partial charge in [0.05, 0.1) is 25.9 Å². The lowest BCUT2D eigenvalue weighted by Gasteiger charge is -2.31. The first-order valence-corrected chi connectivity index (χ1v) is 17.0. The number of hydrogen-bond donors (Lipinski definition) is 1. The highest BCUT2D eigenvalue weighted by Crippen LogP contribution is 2.42. The molecule has 0 spiro atoms. The van der Waals surface area contributed by atoms with Gasteiger partial charge in [0.15, 0.2) is 28.2 Å². The molecule has 54 heavy (non-hydrogen) atoms. The summed E-state index contributed by atoms with van der Waals surface area (Å²) in [4.78, 5) is 62.0. The number of halogens is 1. The van der Waals surface area contributed by atoms with Crippen LogP contribution in [-0.4, -0.2) is 54.5 Å². The van der Waals surface area contributed by atoms with Gasteiger partial charge in [0.1, 0.15) is 41.7 Å². The highest BCUT2D eigenvalue weighted by Gasteiger charge is 2.49. The van der Waals surface area contributed by atoms with Crippen LogP contribution in [0.5, 0.6) is 5.75 Å². The second kappa shape index (κ2) is 14.3. The van der Waals surface area contributed by atoms with Crippen molar-refractivity contribution >= 4 is 23.1 Å². The van der Waals surface area contributed by atoms with E-state index in [1.165, 1.54) is 31.7 Å². The molecule has 288 valence electrons. The maximum atomic E-state index is 16.0. The minimum atomic E-state index is -1.38. The first-order chi connectivity index (χ1) is 25.4. The minimum absolute atomic E-state index is 0.00974. The third kappa shape index (κ3) is 7.43. The van der Waals surface area contributed by atoms with Gasteiger partial charge in [-0.1, -0.05) is 19.9 Å². The Morgan fingerprint density at radius 3 is 2.35 bits per heavy atom. The number of ether oxygens (including phenoxy) is 3. The summed E-state index contributed by atoms with van der Waals surface area (Å²) in [7, 11) is 0. The first-order valence-electron chi connectivity index (χ1n) is 17.0. The largest absolute Gasteiger partial charge is 0.519 e. The summed E-state index contributed by atoms with van der Waals surface area (Å²) in [6.45, 7) is 12.2. The molecule has 0 saturated carbocycles. The molecule has 0 radical (unpaired) electrons. The number of aliphatic hydroxyl groups is 1. The van der Waals surface area contributed by atoms with E-state index in [9.17, 15) is 24.3 Å². The lowest BCUT2D eigenvalue weighted by molar-refractivity contribution is -0.165. The van der Waals surface area contributed by atoms with Crippen LogP contribution in [0, 0.1) is 33.8 Å². The second-order valence-electron chi connectivity index (χ2n) is 14.2. The number of aliphatic hydroxyl groups excluding tert-OH is 1. The molecule has 18 heteroatoms. The molecule has 6 rings (SSSR count). The van der Waals surface area contributed by atoms with E-state index >= 15 is 4.39 Å². The number of carbonyl (C=O) groups excluding carboxylic acids is 2. The Morgan fingerprint density at radius 2 is 1.74 bits per heavy atom. The van der Waals surface area contributed by atoms with Crippen molar-refractivity contribution in [3.63, 3.8) is 0 Å². The van der Waals surface area contributed by atoms with Gasteiger partial charge in [-0.3, -0.25) is 23.7 Å². The summed E-state index contributed by atoms with van der Waals surface area (Å²) in [6, 6.07) is 3.68. The topological polar surface area (TPSA) is 217 Å². The number of fused-ring (bicyclic) bond motifs is 1. The Morgan fingerprint density at radius 1 is 1.07 bits per heavy atom. The Labute approximate surface area is 306 Å². The number of aryl methyl sites for hydroxylation is 4. The lowest BCUT2D eigenvalue weighted by atomic mass is 9.78. The van der Waals surface area contributed by atoms with E-state index in [0.29, 0.717) is 11.3 Å². The molecule has 1 fully saturated rings.